The van der Waals surface area contributed by atoms with Crippen LogP contribution in [0.1, 0.15) is 24.0 Å². The minimum atomic E-state index is 0.0319. The number of allylic oxidation sites excluding steroid dienone is 1. The predicted molar refractivity (Wildman–Crippen MR) is 99.3 cm³/mol. The standard InChI is InChI=1S/C23H24O2/c24-20-14-13-19-21(15-11-17-7-3-1-4-8-17)25-22(23(19)20)16-12-18-9-5-2-6-10-18/h1-10,13-14,19,21-23H,11-12,15-16H2/t19-,21-,22+,23+/m0/s1. The molecule has 0 N–H and O–H groups in total. The van der Waals surface area contributed by atoms with Gasteiger partial charge in [-0.15, -0.1) is 0 Å². The van der Waals surface area contributed by atoms with Crippen LogP contribution >= 0.6 is 0 Å². The number of hydrogen-bond acceptors (Lipinski definition) is 2. The third-order valence-electron chi connectivity index (χ3n) is 5.53. The smallest absolute Gasteiger partial charge is 0.161 e. The van der Waals surface area contributed by atoms with Gasteiger partial charge in [0, 0.05) is 5.92 Å². The molecule has 1 aliphatic heterocycles. The molecule has 0 spiro atoms. The quantitative estimate of drug-likeness (QED) is 0.784. The topological polar surface area (TPSA) is 26.3 Å². The summed E-state index contributed by atoms with van der Waals surface area (Å²) < 4.78 is 6.37. The van der Waals surface area contributed by atoms with Gasteiger partial charge in [0.25, 0.3) is 0 Å². The van der Waals surface area contributed by atoms with Crippen LogP contribution in [0.3, 0.4) is 0 Å². The van der Waals surface area contributed by atoms with Crippen molar-refractivity contribution in [3.05, 3.63) is 83.9 Å². The maximum Gasteiger partial charge on any atom is 0.161 e. The van der Waals surface area contributed by atoms with Crippen LogP contribution in [0.25, 0.3) is 0 Å². The van der Waals surface area contributed by atoms with Gasteiger partial charge >= 0.3 is 0 Å². The third kappa shape index (κ3) is 3.59. The highest BCUT2D eigenvalue weighted by Crippen LogP contribution is 2.41. The van der Waals surface area contributed by atoms with E-state index in [4.69, 9.17) is 4.74 Å². The first-order valence-electron chi connectivity index (χ1n) is 9.26. The van der Waals surface area contributed by atoms with E-state index in [1.165, 1.54) is 11.1 Å². The first kappa shape index (κ1) is 16.3. The van der Waals surface area contributed by atoms with Gasteiger partial charge in [-0.25, -0.2) is 0 Å². The van der Waals surface area contributed by atoms with E-state index in [1.54, 1.807) is 6.08 Å². The number of fused-ring (bicyclic) bond motifs is 1. The maximum atomic E-state index is 12.3. The van der Waals surface area contributed by atoms with Gasteiger partial charge in [-0.3, -0.25) is 4.79 Å². The number of carbonyl (C=O) groups is 1. The largest absolute Gasteiger partial charge is 0.374 e. The van der Waals surface area contributed by atoms with E-state index in [9.17, 15) is 4.79 Å². The molecule has 4 atom stereocenters. The van der Waals surface area contributed by atoms with Crippen LogP contribution in [0, 0.1) is 11.8 Å². The average Bonchev–Trinajstić information content (AvgIpc) is 3.21. The Labute approximate surface area is 149 Å². The highest BCUT2D eigenvalue weighted by molar-refractivity contribution is 5.95. The van der Waals surface area contributed by atoms with Crippen molar-refractivity contribution in [3.63, 3.8) is 0 Å². The van der Waals surface area contributed by atoms with Crippen LogP contribution in [0.4, 0.5) is 0 Å². The van der Waals surface area contributed by atoms with Crippen molar-refractivity contribution in [1.29, 1.82) is 0 Å². The molecule has 128 valence electrons. The molecule has 1 fully saturated rings. The molecule has 1 saturated heterocycles. The number of carbonyl (C=O) groups excluding carboxylic acids is 1. The van der Waals surface area contributed by atoms with E-state index in [0.29, 0.717) is 0 Å². The lowest BCUT2D eigenvalue weighted by Gasteiger charge is -2.16. The molecule has 1 heterocycles. The van der Waals surface area contributed by atoms with Crippen molar-refractivity contribution >= 4 is 5.78 Å². The van der Waals surface area contributed by atoms with Crippen molar-refractivity contribution in [3.8, 4) is 0 Å². The molecule has 0 amide bonds. The minimum absolute atomic E-state index is 0.0319. The minimum Gasteiger partial charge on any atom is -0.374 e. The summed E-state index contributed by atoms with van der Waals surface area (Å²) in [5.41, 5.74) is 2.65. The molecule has 4 rings (SSSR count). The Morgan fingerprint density at radius 1 is 0.760 bits per heavy atom. The van der Waals surface area contributed by atoms with E-state index in [-0.39, 0.29) is 29.8 Å². The first-order valence-corrected chi connectivity index (χ1v) is 9.26. The summed E-state index contributed by atoms with van der Waals surface area (Å²) >= 11 is 0. The Kier molecular flexibility index (Phi) is 4.80. The van der Waals surface area contributed by atoms with Crippen molar-refractivity contribution in [2.75, 3.05) is 0 Å². The fourth-order valence-electron chi connectivity index (χ4n) is 4.23. The van der Waals surface area contributed by atoms with Crippen LogP contribution in [0.2, 0.25) is 0 Å². The zero-order chi connectivity index (χ0) is 17.1. The van der Waals surface area contributed by atoms with Gasteiger partial charge in [0.1, 0.15) is 0 Å². The van der Waals surface area contributed by atoms with Crippen LogP contribution in [-0.4, -0.2) is 18.0 Å². The lowest BCUT2D eigenvalue weighted by molar-refractivity contribution is -0.119. The molecule has 2 aliphatic rings. The summed E-state index contributed by atoms with van der Waals surface area (Å²) in [7, 11) is 0. The Morgan fingerprint density at radius 2 is 1.32 bits per heavy atom. The maximum absolute atomic E-state index is 12.3. The van der Waals surface area contributed by atoms with E-state index >= 15 is 0 Å². The molecule has 2 aromatic carbocycles. The Morgan fingerprint density at radius 3 is 1.92 bits per heavy atom. The molecule has 0 unspecified atom stereocenters. The van der Waals surface area contributed by atoms with Crippen molar-refractivity contribution in [2.24, 2.45) is 11.8 Å². The monoisotopic (exact) mass is 332 g/mol. The second-order valence-electron chi connectivity index (χ2n) is 7.13. The molecule has 0 saturated carbocycles. The van der Waals surface area contributed by atoms with E-state index in [0.717, 1.165) is 25.7 Å². The second-order valence-corrected chi connectivity index (χ2v) is 7.13. The molecule has 2 heteroatoms. The second kappa shape index (κ2) is 7.37. The third-order valence-corrected chi connectivity index (χ3v) is 5.53. The molecule has 0 bridgehead atoms. The van der Waals surface area contributed by atoms with E-state index in [2.05, 4.69) is 54.6 Å². The fraction of sp³-hybridized carbons (Fsp3) is 0.348. The van der Waals surface area contributed by atoms with E-state index in [1.807, 2.05) is 12.1 Å². The summed E-state index contributed by atoms with van der Waals surface area (Å²) in [5, 5.41) is 0. The normalized spacial score (nSPS) is 27.6. The van der Waals surface area contributed by atoms with Gasteiger partial charge in [0.15, 0.2) is 5.78 Å². The number of aryl methyl sites for hydroxylation is 2. The Hall–Kier alpha value is -2.19. The summed E-state index contributed by atoms with van der Waals surface area (Å²) in [6.45, 7) is 0. The van der Waals surface area contributed by atoms with Gasteiger partial charge in [0.2, 0.25) is 0 Å². The molecule has 25 heavy (non-hydrogen) atoms. The van der Waals surface area contributed by atoms with Gasteiger partial charge in [-0.1, -0.05) is 66.7 Å². The summed E-state index contributed by atoms with van der Waals surface area (Å²) in [6, 6.07) is 21.0. The average molecular weight is 332 g/mol. The number of ketones is 1. The highest BCUT2D eigenvalue weighted by Gasteiger charge is 2.48. The number of hydrogen-bond donors (Lipinski definition) is 0. The van der Waals surface area contributed by atoms with Gasteiger partial charge in [0.05, 0.1) is 18.1 Å². The molecule has 0 radical (unpaired) electrons. The zero-order valence-electron chi connectivity index (χ0n) is 14.4. The summed E-state index contributed by atoms with van der Waals surface area (Å²) in [4.78, 5) is 12.3. The van der Waals surface area contributed by atoms with Crippen molar-refractivity contribution in [2.45, 2.75) is 37.9 Å². The van der Waals surface area contributed by atoms with E-state index < -0.39 is 0 Å². The number of benzene rings is 2. The van der Waals surface area contributed by atoms with Gasteiger partial charge in [-0.2, -0.15) is 0 Å². The predicted octanol–water partition coefficient (Wildman–Crippen LogP) is 4.39. The number of ether oxygens (including phenoxy) is 1. The SMILES string of the molecule is O=C1C=C[C@@H]2[C@H]1[C@@H](CCc1ccccc1)O[C@H]2CCc1ccccc1. The zero-order valence-corrected chi connectivity index (χ0v) is 14.4. The van der Waals surface area contributed by atoms with Crippen LogP contribution in [0.15, 0.2) is 72.8 Å². The fourth-order valence-corrected chi connectivity index (χ4v) is 4.23. The Balaban J connectivity index is 1.40. The van der Waals surface area contributed by atoms with Gasteiger partial charge in [-0.05, 0) is 42.9 Å². The van der Waals surface area contributed by atoms with Crippen LogP contribution in [0.5, 0.6) is 0 Å². The molecule has 0 aromatic heterocycles. The first-order chi connectivity index (χ1) is 12.3. The van der Waals surface area contributed by atoms with Crippen LogP contribution in [-0.2, 0) is 22.4 Å². The van der Waals surface area contributed by atoms with Crippen molar-refractivity contribution < 1.29 is 9.53 Å². The van der Waals surface area contributed by atoms with Gasteiger partial charge < -0.3 is 4.74 Å². The summed E-state index contributed by atoms with van der Waals surface area (Å²) in [6.07, 6.45) is 7.94. The molecule has 1 aliphatic carbocycles. The molecular weight excluding hydrogens is 308 g/mol. The van der Waals surface area contributed by atoms with Crippen LogP contribution < -0.4 is 0 Å². The Bertz CT molecular complexity index is 735. The number of rotatable bonds is 6. The lowest BCUT2D eigenvalue weighted by Crippen LogP contribution is -2.24. The molecule has 2 nitrogen and oxygen atoms in total. The lowest BCUT2D eigenvalue weighted by atomic mass is 9.85. The van der Waals surface area contributed by atoms with Crippen molar-refractivity contribution in [1.82, 2.24) is 0 Å². The molecule has 2 aromatic rings. The highest BCUT2D eigenvalue weighted by atomic mass is 16.5. The summed E-state index contributed by atoms with van der Waals surface area (Å²) in [5.74, 6) is 0.548. The molecular formula is C23H24O2.